The van der Waals surface area contributed by atoms with Gasteiger partial charge in [0.1, 0.15) is 0 Å². The Morgan fingerprint density at radius 3 is 2.93 bits per heavy atom. The Balaban J connectivity index is 1.70. The summed E-state index contributed by atoms with van der Waals surface area (Å²) in [5.74, 6) is 1.55. The Hall–Kier alpha value is -1.62. The SMILES string of the molecule is CCC1=CC[C@]2(CO1)[C@@H]1CCC3=C4[C@H](CC3=O)[C@H](C(=O)OC)C[C@@]42CN(C)C1. The van der Waals surface area contributed by atoms with Gasteiger partial charge in [-0.3, -0.25) is 9.59 Å². The van der Waals surface area contributed by atoms with E-state index < -0.39 is 0 Å². The van der Waals surface area contributed by atoms with Crippen molar-refractivity contribution in [3.8, 4) is 0 Å². The van der Waals surface area contributed by atoms with Crippen molar-refractivity contribution in [2.24, 2.45) is 28.6 Å². The standard InChI is InChI=1S/C23H31NO4/c1-4-15-7-8-22(13-28-15)14-5-6-16-19(25)9-17-18(21(26)27-3)10-23(22,20(16)17)12-24(2)11-14/h7,14,17-18H,4-6,8-13H2,1-3H3/t14-,17-,18-,22+,23-/m1/s1. The van der Waals surface area contributed by atoms with Crippen LogP contribution in [0.3, 0.4) is 0 Å². The summed E-state index contributed by atoms with van der Waals surface area (Å²) in [5, 5.41) is 0. The quantitative estimate of drug-likeness (QED) is 0.684. The first-order valence-electron chi connectivity index (χ1n) is 10.8. The third-order valence-corrected chi connectivity index (χ3v) is 8.62. The van der Waals surface area contributed by atoms with Crippen LogP contribution in [0.5, 0.6) is 0 Å². The van der Waals surface area contributed by atoms with Crippen LogP contribution in [0, 0.1) is 28.6 Å². The van der Waals surface area contributed by atoms with Gasteiger partial charge >= 0.3 is 5.97 Å². The predicted octanol–water partition coefficient (Wildman–Crippen LogP) is 3.11. The van der Waals surface area contributed by atoms with Crippen molar-refractivity contribution in [3.63, 3.8) is 0 Å². The fourth-order valence-electron chi connectivity index (χ4n) is 7.52. The molecule has 0 aromatic carbocycles. The lowest BCUT2D eigenvalue weighted by Gasteiger charge is -2.59. The first-order valence-corrected chi connectivity index (χ1v) is 10.8. The second-order valence-electron chi connectivity index (χ2n) is 9.65. The molecule has 152 valence electrons. The van der Waals surface area contributed by atoms with Gasteiger partial charge in [-0.25, -0.2) is 0 Å². The molecule has 5 heteroatoms. The van der Waals surface area contributed by atoms with E-state index in [2.05, 4.69) is 24.9 Å². The van der Waals surface area contributed by atoms with Crippen LogP contribution in [0.1, 0.15) is 45.4 Å². The largest absolute Gasteiger partial charge is 0.498 e. The van der Waals surface area contributed by atoms with Crippen molar-refractivity contribution < 1.29 is 19.1 Å². The van der Waals surface area contributed by atoms with Gasteiger partial charge in [0.2, 0.25) is 0 Å². The summed E-state index contributed by atoms with van der Waals surface area (Å²) in [7, 11) is 3.67. The van der Waals surface area contributed by atoms with E-state index in [4.69, 9.17) is 9.47 Å². The molecule has 0 aromatic heterocycles. The van der Waals surface area contributed by atoms with E-state index in [1.807, 2.05) is 0 Å². The number of carbonyl (C=O) groups is 2. The molecule has 0 amide bonds. The van der Waals surface area contributed by atoms with Gasteiger partial charge in [-0.05, 0) is 50.3 Å². The molecular formula is C23H31NO4. The zero-order chi connectivity index (χ0) is 19.7. The number of rotatable bonds is 2. The van der Waals surface area contributed by atoms with Gasteiger partial charge in [0.15, 0.2) is 5.78 Å². The van der Waals surface area contributed by atoms with E-state index in [9.17, 15) is 9.59 Å². The third kappa shape index (κ3) is 2.17. The fraction of sp³-hybridized carbons (Fsp3) is 0.739. The number of methoxy groups -OCH3 is 1. The number of piperidine rings is 1. The topological polar surface area (TPSA) is 55.8 Å². The Kier molecular flexibility index (Phi) is 4.07. The minimum absolute atomic E-state index is 0.0130. The van der Waals surface area contributed by atoms with Crippen LogP contribution in [0.4, 0.5) is 0 Å². The van der Waals surface area contributed by atoms with Gasteiger partial charge in [-0.15, -0.1) is 0 Å². The zero-order valence-corrected chi connectivity index (χ0v) is 17.3. The second-order valence-corrected chi connectivity index (χ2v) is 9.65. The third-order valence-electron chi connectivity index (χ3n) is 8.62. The van der Waals surface area contributed by atoms with Crippen LogP contribution in [0.15, 0.2) is 23.0 Å². The second kappa shape index (κ2) is 6.19. The van der Waals surface area contributed by atoms with Gasteiger partial charge in [-0.1, -0.05) is 12.5 Å². The highest BCUT2D eigenvalue weighted by Crippen LogP contribution is 2.70. The van der Waals surface area contributed by atoms with Crippen molar-refractivity contribution >= 4 is 11.8 Å². The number of Topliss-reactive ketones (excluding diaryl/α,β-unsaturated/α-hetero) is 1. The van der Waals surface area contributed by atoms with E-state index in [-0.39, 0.29) is 34.4 Å². The van der Waals surface area contributed by atoms with Crippen LogP contribution in [0.25, 0.3) is 0 Å². The van der Waals surface area contributed by atoms with Crippen molar-refractivity contribution in [2.75, 3.05) is 33.9 Å². The first-order chi connectivity index (χ1) is 13.5. The number of hydrogen-bond donors (Lipinski definition) is 0. The summed E-state index contributed by atoms with van der Waals surface area (Å²) < 4.78 is 11.5. The summed E-state index contributed by atoms with van der Waals surface area (Å²) >= 11 is 0. The van der Waals surface area contributed by atoms with E-state index in [0.29, 0.717) is 12.3 Å². The number of nitrogens with zero attached hydrogens (tertiary/aromatic N) is 1. The molecule has 2 fully saturated rings. The fourth-order valence-corrected chi connectivity index (χ4v) is 7.52. The average Bonchev–Trinajstić information content (AvgIpc) is 3.17. The van der Waals surface area contributed by atoms with Crippen LogP contribution in [0.2, 0.25) is 0 Å². The van der Waals surface area contributed by atoms with E-state index >= 15 is 0 Å². The molecule has 0 unspecified atom stereocenters. The van der Waals surface area contributed by atoms with Crippen molar-refractivity contribution in [1.82, 2.24) is 4.90 Å². The van der Waals surface area contributed by atoms with E-state index in [0.717, 1.165) is 63.1 Å². The smallest absolute Gasteiger partial charge is 0.309 e. The summed E-state index contributed by atoms with van der Waals surface area (Å²) in [6, 6.07) is 0. The monoisotopic (exact) mass is 385 g/mol. The van der Waals surface area contributed by atoms with Crippen molar-refractivity contribution in [1.29, 1.82) is 0 Å². The van der Waals surface area contributed by atoms with Gasteiger partial charge in [0, 0.05) is 42.7 Å². The van der Waals surface area contributed by atoms with Gasteiger partial charge in [-0.2, -0.15) is 0 Å². The molecule has 2 heterocycles. The number of ketones is 1. The Labute approximate surface area is 167 Å². The summed E-state index contributed by atoms with van der Waals surface area (Å²) in [4.78, 5) is 28.1. The molecule has 1 saturated heterocycles. The number of allylic oxidation sites excluding steroid dienone is 3. The molecule has 2 aliphatic heterocycles. The summed E-state index contributed by atoms with van der Waals surface area (Å²) in [6.45, 7) is 4.82. The van der Waals surface area contributed by atoms with Crippen molar-refractivity contribution in [3.05, 3.63) is 23.0 Å². The summed E-state index contributed by atoms with van der Waals surface area (Å²) in [5.41, 5.74) is 2.21. The molecule has 0 radical (unpaired) electrons. The maximum absolute atomic E-state index is 13.0. The Bertz CT molecular complexity index is 798. The molecule has 5 rings (SSSR count). The van der Waals surface area contributed by atoms with E-state index in [1.165, 1.54) is 12.7 Å². The maximum atomic E-state index is 13.0. The average molecular weight is 386 g/mol. The maximum Gasteiger partial charge on any atom is 0.309 e. The molecule has 2 spiro atoms. The number of ether oxygens (including phenoxy) is 2. The molecule has 3 aliphatic carbocycles. The highest BCUT2D eigenvalue weighted by atomic mass is 16.5. The Morgan fingerprint density at radius 1 is 1.43 bits per heavy atom. The molecule has 5 aliphatic rings. The molecule has 1 saturated carbocycles. The lowest BCUT2D eigenvalue weighted by Crippen LogP contribution is -2.61. The minimum atomic E-state index is -0.194. The first kappa shape index (κ1) is 18.4. The van der Waals surface area contributed by atoms with Crippen LogP contribution in [-0.2, 0) is 19.1 Å². The van der Waals surface area contributed by atoms with Crippen LogP contribution >= 0.6 is 0 Å². The van der Waals surface area contributed by atoms with Crippen LogP contribution < -0.4 is 0 Å². The molecule has 2 bridgehead atoms. The molecule has 0 aromatic rings. The number of hydrogen-bond acceptors (Lipinski definition) is 5. The number of likely N-dealkylation sites (tertiary alicyclic amines) is 1. The lowest BCUT2D eigenvalue weighted by molar-refractivity contribution is -0.149. The number of esters is 1. The zero-order valence-electron chi connectivity index (χ0n) is 17.3. The van der Waals surface area contributed by atoms with E-state index in [1.54, 1.807) is 0 Å². The van der Waals surface area contributed by atoms with Gasteiger partial charge in [0.25, 0.3) is 0 Å². The molecule has 5 atom stereocenters. The molecule has 28 heavy (non-hydrogen) atoms. The summed E-state index contributed by atoms with van der Waals surface area (Å²) in [6.07, 6.45) is 7.43. The van der Waals surface area contributed by atoms with Crippen molar-refractivity contribution in [2.45, 2.75) is 45.4 Å². The van der Waals surface area contributed by atoms with Crippen LogP contribution in [-0.4, -0.2) is 50.5 Å². The highest BCUT2D eigenvalue weighted by Gasteiger charge is 2.69. The van der Waals surface area contributed by atoms with Gasteiger partial charge < -0.3 is 14.4 Å². The Morgan fingerprint density at radius 2 is 2.25 bits per heavy atom. The highest BCUT2D eigenvalue weighted by molar-refractivity contribution is 6.01. The van der Waals surface area contributed by atoms with Gasteiger partial charge in [0.05, 0.1) is 25.4 Å². The predicted molar refractivity (Wildman–Crippen MR) is 104 cm³/mol. The lowest BCUT2D eigenvalue weighted by atomic mass is 9.51. The number of carbonyl (C=O) groups excluding carboxylic acids is 2. The molecular weight excluding hydrogens is 354 g/mol. The minimum Gasteiger partial charge on any atom is -0.498 e. The normalized spacial score (nSPS) is 42.2. The molecule has 5 nitrogen and oxygen atoms in total. The molecule has 0 N–H and O–H groups in total.